The van der Waals surface area contributed by atoms with Crippen LogP contribution >= 0.6 is 0 Å². The molecule has 17 atom stereocenters. The minimum absolute atomic E-state index is 0.231. The number of hydrogen-bond acceptors (Lipinski definition) is 18. The highest BCUT2D eigenvalue weighted by Crippen LogP contribution is 2.34. The maximum atomic E-state index is 13.5. The van der Waals surface area contributed by atoms with Gasteiger partial charge in [0.15, 0.2) is 18.9 Å². The van der Waals surface area contributed by atoms with Crippen LogP contribution in [-0.2, 0) is 33.2 Å². The molecule has 3 aliphatic heterocycles. The van der Waals surface area contributed by atoms with Crippen molar-refractivity contribution in [3.05, 3.63) is 0 Å². The fraction of sp³-hybridized carbons (Fsp3) is 0.988. The van der Waals surface area contributed by atoms with Crippen LogP contribution in [0.4, 0.5) is 0 Å². The van der Waals surface area contributed by atoms with Crippen molar-refractivity contribution in [1.82, 2.24) is 5.32 Å². The Morgan fingerprint density at radius 3 is 0.837 bits per heavy atom. The van der Waals surface area contributed by atoms with Gasteiger partial charge in [0.05, 0.1) is 38.6 Å². The van der Waals surface area contributed by atoms with Gasteiger partial charge in [-0.25, -0.2) is 0 Å². The molecule has 3 rings (SSSR count). The van der Waals surface area contributed by atoms with E-state index in [0.29, 0.717) is 12.8 Å². The summed E-state index contributed by atoms with van der Waals surface area (Å²) in [5, 5.41) is 121. The van der Waals surface area contributed by atoms with Crippen LogP contribution in [-0.4, -0.2) is 193 Å². The monoisotopic (exact) mass is 1490 g/mol. The largest absolute Gasteiger partial charge is 0.394 e. The van der Waals surface area contributed by atoms with Crippen LogP contribution in [0.15, 0.2) is 0 Å². The second-order valence-corrected chi connectivity index (χ2v) is 32.1. The molecular formula is C85H165NO18. The van der Waals surface area contributed by atoms with E-state index in [0.717, 1.165) is 44.9 Å². The van der Waals surface area contributed by atoms with Crippen molar-refractivity contribution in [3.63, 3.8) is 0 Å². The summed E-state index contributed by atoms with van der Waals surface area (Å²) >= 11 is 0. The van der Waals surface area contributed by atoms with Gasteiger partial charge in [-0.2, -0.15) is 0 Å². The zero-order chi connectivity index (χ0) is 75.3. The SMILES string of the molecule is CCCCCCCCCCCCCCCCCCCCCCCCCCCCCCCCCCCCCC(=O)NC(COC1OC(CO)C(OC2OC(CO)C(OC3OC(CO)C(O)C(O)C3O)C(O)C2O)C(O)C1O)C(O)CCCCCCCCCCCCCCCCCCCCCCCCCC. The van der Waals surface area contributed by atoms with E-state index < -0.39 is 124 Å². The Balaban J connectivity index is 1.31. The van der Waals surface area contributed by atoms with E-state index in [9.17, 15) is 61.0 Å². The third-order valence-electron chi connectivity index (χ3n) is 22.7. The van der Waals surface area contributed by atoms with Crippen molar-refractivity contribution in [3.8, 4) is 0 Å². The van der Waals surface area contributed by atoms with Gasteiger partial charge >= 0.3 is 0 Å². The summed E-state index contributed by atoms with van der Waals surface area (Å²) in [5.74, 6) is -0.231. The molecule has 618 valence electrons. The summed E-state index contributed by atoms with van der Waals surface area (Å²) < 4.78 is 34.6. The minimum atomic E-state index is -1.97. The molecule has 3 heterocycles. The number of carbonyl (C=O) groups is 1. The quantitative estimate of drug-likeness (QED) is 0.0252. The Labute approximate surface area is 634 Å². The maximum Gasteiger partial charge on any atom is 0.220 e. The molecule has 12 N–H and O–H groups in total. The number of carbonyl (C=O) groups excluding carboxylic acids is 1. The molecule has 1 amide bonds. The summed E-state index contributed by atoms with van der Waals surface area (Å²) in [6.45, 7) is 1.89. The molecule has 104 heavy (non-hydrogen) atoms. The zero-order valence-electron chi connectivity index (χ0n) is 66.6. The molecule has 0 bridgehead atoms. The number of nitrogens with one attached hydrogen (secondary N) is 1. The Bertz CT molecular complexity index is 1880. The first-order chi connectivity index (χ1) is 50.8. The summed E-state index contributed by atoms with van der Waals surface area (Å²) in [4.78, 5) is 13.5. The molecule has 0 aromatic rings. The van der Waals surface area contributed by atoms with E-state index >= 15 is 0 Å². The lowest BCUT2D eigenvalue weighted by molar-refractivity contribution is -0.379. The molecule has 3 aliphatic rings. The number of ether oxygens (including phenoxy) is 6. The lowest BCUT2D eigenvalue weighted by Gasteiger charge is -2.48. The van der Waals surface area contributed by atoms with Crippen molar-refractivity contribution in [2.75, 3.05) is 26.4 Å². The van der Waals surface area contributed by atoms with Gasteiger partial charge in [-0.3, -0.25) is 4.79 Å². The number of rotatable bonds is 73. The molecular weight excluding hydrogens is 1320 g/mol. The molecule has 19 nitrogen and oxygen atoms in total. The van der Waals surface area contributed by atoms with Crippen LogP contribution in [0.1, 0.15) is 406 Å². The minimum Gasteiger partial charge on any atom is -0.394 e. The molecule has 17 unspecified atom stereocenters. The van der Waals surface area contributed by atoms with Gasteiger partial charge in [0.25, 0.3) is 0 Å². The average Bonchev–Trinajstić information content (AvgIpc) is 0.783. The highest BCUT2D eigenvalue weighted by molar-refractivity contribution is 5.76. The van der Waals surface area contributed by atoms with E-state index in [2.05, 4.69) is 19.2 Å². The van der Waals surface area contributed by atoms with Gasteiger partial charge in [-0.15, -0.1) is 0 Å². The second-order valence-electron chi connectivity index (χ2n) is 32.1. The zero-order valence-corrected chi connectivity index (χ0v) is 66.6. The third-order valence-corrected chi connectivity index (χ3v) is 22.7. The first kappa shape index (κ1) is 97.0. The van der Waals surface area contributed by atoms with Crippen molar-refractivity contribution >= 4 is 5.91 Å². The predicted octanol–water partition coefficient (Wildman–Crippen LogP) is 16.1. The normalized spacial score (nSPS) is 25.8. The number of unbranched alkanes of at least 4 members (excludes halogenated alkanes) is 57. The molecule has 3 saturated heterocycles. The van der Waals surface area contributed by atoms with Crippen molar-refractivity contribution in [2.45, 2.75) is 510 Å². The summed E-state index contributed by atoms with van der Waals surface area (Å²) in [5.41, 5.74) is 0. The van der Waals surface area contributed by atoms with Crippen molar-refractivity contribution < 1.29 is 89.4 Å². The summed E-state index contributed by atoms with van der Waals surface area (Å²) in [6, 6.07) is -0.884. The Kier molecular flexibility index (Phi) is 61.9. The van der Waals surface area contributed by atoms with Crippen molar-refractivity contribution in [2.24, 2.45) is 0 Å². The van der Waals surface area contributed by atoms with E-state index in [-0.39, 0.29) is 18.9 Å². The van der Waals surface area contributed by atoms with E-state index in [4.69, 9.17) is 28.4 Å². The summed E-state index contributed by atoms with van der Waals surface area (Å²) in [6.07, 6.45) is 52.2. The molecule has 3 fully saturated rings. The number of amides is 1. The fourth-order valence-corrected chi connectivity index (χ4v) is 15.6. The Morgan fingerprint density at radius 2 is 0.548 bits per heavy atom. The highest BCUT2D eigenvalue weighted by Gasteiger charge is 2.54. The van der Waals surface area contributed by atoms with Gasteiger partial charge in [-0.1, -0.05) is 386 Å². The fourth-order valence-electron chi connectivity index (χ4n) is 15.6. The lowest BCUT2D eigenvalue weighted by Crippen LogP contribution is -2.66. The summed E-state index contributed by atoms with van der Waals surface area (Å²) in [7, 11) is 0. The van der Waals surface area contributed by atoms with Gasteiger partial charge in [0.2, 0.25) is 5.91 Å². The molecule has 0 spiro atoms. The van der Waals surface area contributed by atoms with E-state index in [1.54, 1.807) is 0 Å². The van der Waals surface area contributed by atoms with E-state index in [1.165, 1.54) is 327 Å². The van der Waals surface area contributed by atoms with Gasteiger partial charge in [-0.05, 0) is 12.8 Å². The molecule has 0 aliphatic carbocycles. The first-order valence-corrected chi connectivity index (χ1v) is 44.3. The second kappa shape index (κ2) is 66.4. The number of aliphatic hydroxyl groups excluding tert-OH is 11. The van der Waals surface area contributed by atoms with Gasteiger partial charge in [0, 0.05) is 6.42 Å². The third kappa shape index (κ3) is 45.3. The number of aliphatic hydroxyl groups is 11. The van der Waals surface area contributed by atoms with Gasteiger partial charge < -0.3 is 89.9 Å². The van der Waals surface area contributed by atoms with E-state index in [1.807, 2.05) is 0 Å². The Hall–Kier alpha value is -1.21. The maximum absolute atomic E-state index is 13.5. The average molecular weight is 1490 g/mol. The van der Waals surface area contributed by atoms with Crippen LogP contribution in [0.2, 0.25) is 0 Å². The standard InChI is InChI=1S/C85H165NO18/c1-3-5-7-9-11-13-15-17-19-21-23-25-27-29-30-31-32-33-34-35-36-37-38-39-41-43-45-47-49-51-53-55-57-59-61-63-73(91)86-68(69(90)62-60-58-56-54-52-50-48-46-44-42-40-28-26-24-22-20-18-16-14-12-10-8-6-4-2)67-99-83-79(97)76(94)81(71(65-88)101-83)104-85-80(98)77(95)82(72(66-89)102-85)103-84-78(96)75(93)74(92)70(64-87)100-84/h68-72,74-85,87-90,92-98H,3-67H2,1-2H3,(H,86,91). The molecule has 19 heteroatoms. The predicted molar refractivity (Wildman–Crippen MR) is 416 cm³/mol. The molecule has 0 saturated carbocycles. The van der Waals surface area contributed by atoms with Crippen LogP contribution in [0.5, 0.6) is 0 Å². The van der Waals surface area contributed by atoms with Crippen molar-refractivity contribution in [1.29, 1.82) is 0 Å². The first-order valence-electron chi connectivity index (χ1n) is 44.3. The smallest absolute Gasteiger partial charge is 0.220 e. The number of hydrogen-bond donors (Lipinski definition) is 12. The Morgan fingerprint density at radius 1 is 0.308 bits per heavy atom. The molecule has 0 aromatic heterocycles. The van der Waals surface area contributed by atoms with Crippen LogP contribution in [0.3, 0.4) is 0 Å². The molecule has 0 radical (unpaired) electrons. The topological polar surface area (TPSA) is 307 Å². The lowest BCUT2D eigenvalue weighted by atomic mass is 9.96. The van der Waals surface area contributed by atoms with Crippen LogP contribution in [0, 0.1) is 0 Å². The molecule has 0 aromatic carbocycles. The van der Waals surface area contributed by atoms with Crippen LogP contribution < -0.4 is 5.32 Å². The highest BCUT2D eigenvalue weighted by atomic mass is 16.8. The van der Waals surface area contributed by atoms with Gasteiger partial charge in [0.1, 0.15) is 73.2 Å². The van der Waals surface area contributed by atoms with Crippen LogP contribution in [0.25, 0.3) is 0 Å².